The van der Waals surface area contributed by atoms with Crippen molar-refractivity contribution >= 4 is 15.7 Å². The molecule has 2 heterocycles. The topological polar surface area (TPSA) is 62.3 Å². The third-order valence-electron chi connectivity index (χ3n) is 3.50. The molecular weight excluding hydrogens is 262 g/mol. The van der Waals surface area contributed by atoms with Crippen molar-refractivity contribution in [1.82, 2.24) is 9.88 Å². The second kappa shape index (κ2) is 5.88. The molecule has 19 heavy (non-hydrogen) atoms. The van der Waals surface area contributed by atoms with Crippen molar-refractivity contribution < 1.29 is 8.42 Å². The summed E-state index contributed by atoms with van der Waals surface area (Å²) in [5.41, 5.74) is 0. The van der Waals surface area contributed by atoms with Crippen LogP contribution in [0.2, 0.25) is 0 Å². The number of hydrogen-bond acceptors (Lipinski definition) is 5. The first-order valence-corrected chi connectivity index (χ1v) is 8.50. The van der Waals surface area contributed by atoms with E-state index in [9.17, 15) is 8.42 Å². The van der Waals surface area contributed by atoms with Crippen LogP contribution < -0.4 is 5.32 Å². The van der Waals surface area contributed by atoms with Crippen molar-refractivity contribution in [3.05, 3.63) is 18.3 Å². The molecule has 2 rings (SSSR count). The first-order valence-electron chi connectivity index (χ1n) is 6.61. The SMILES string of the molecule is CC(CNc1ncccc1S(C)(=O)=O)N1CCCC1. The van der Waals surface area contributed by atoms with Gasteiger partial charge in [-0.25, -0.2) is 13.4 Å². The number of aromatic nitrogens is 1. The molecule has 0 bridgehead atoms. The maximum atomic E-state index is 11.7. The Bertz CT molecular complexity index is 524. The average Bonchev–Trinajstić information content (AvgIpc) is 2.89. The third-order valence-corrected chi connectivity index (χ3v) is 4.63. The molecule has 1 saturated heterocycles. The van der Waals surface area contributed by atoms with Crippen LogP contribution in [0.5, 0.6) is 0 Å². The quantitative estimate of drug-likeness (QED) is 0.884. The second-order valence-electron chi connectivity index (χ2n) is 5.10. The van der Waals surface area contributed by atoms with E-state index in [0.717, 1.165) is 13.1 Å². The summed E-state index contributed by atoms with van der Waals surface area (Å²) in [4.78, 5) is 6.81. The van der Waals surface area contributed by atoms with Crippen LogP contribution in [0.15, 0.2) is 23.2 Å². The summed E-state index contributed by atoms with van der Waals surface area (Å²) < 4.78 is 23.3. The fourth-order valence-electron chi connectivity index (χ4n) is 2.38. The molecule has 1 aromatic rings. The molecule has 6 heteroatoms. The van der Waals surface area contributed by atoms with E-state index < -0.39 is 9.84 Å². The van der Waals surface area contributed by atoms with Gasteiger partial charge in [0.1, 0.15) is 10.7 Å². The van der Waals surface area contributed by atoms with Crippen molar-refractivity contribution in [2.75, 3.05) is 31.2 Å². The van der Waals surface area contributed by atoms with Gasteiger partial charge >= 0.3 is 0 Å². The molecule has 106 valence electrons. The number of hydrogen-bond donors (Lipinski definition) is 1. The fraction of sp³-hybridized carbons (Fsp3) is 0.615. The zero-order chi connectivity index (χ0) is 13.9. The van der Waals surface area contributed by atoms with E-state index in [-0.39, 0.29) is 4.90 Å². The van der Waals surface area contributed by atoms with E-state index in [2.05, 4.69) is 22.1 Å². The highest BCUT2D eigenvalue weighted by Crippen LogP contribution is 2.18. The van der Waals surface area contributed by atoms with Gasteiger partial charge in [0.15, 0.2) is 9.84 Å². The Labute approximate surface area is 114 Å². The van der Waals surface area contributed by atoms with E-state index >= 15 is 0 Å². The number of pyridine rings is 1. The van der Waals surface area contributed by atoms with Crippen LogP contribution in [0.3, 0.4) is 0 Å². The van der Waals surface area contributed by atoms with E-state index in [1.807, 2.05) is 0 Å². The van der Waals surface area contributed by atoms with Crippen LogP contribution in [-0.2, 0) is 9.84 Å². The second-order valence-corrected chi connectivity index (χ2v) is 7.08. The van der Waals surface area contributed by atoms with E-state index in [0.29, 0.717) is 18.4 Å². The van der Waals surface area contributed by atoms with Crippen LogP contribution in [0.4, 0.5) is 5.82 Å². The van der Waals surface area contributed by atoms with Crippen LogP contribution in [-0.4, -0.2) is 50.2 Å². The van der Waals surface area contributed by atoms with E-state index in [4.69, 9.17) is 0 Å². The monoisotopic (exact) mass is 283 g/mol. The number of anilines is 1. The highest BCUT2D eigenvalue weighted by Gasteiger charge is 2.19. The summed E-state index contributed by atoms with van der Waals surface area (Å²) in [5.74, 6) is 0.455. The van der Waals surface area contributed by atoms with Gasteiger partial charge in [-0.3, -0.25) is 4.90 Å². The van der Waals surface area contributed by atoms with Crippen LogP contribution >= 0.6 is 0 Å². The lowest BCUT2D eigenvalue weighted by atomic mass is 10.3. The molecule has 0 radical (unpaired) electrons. The molecule has 0 amide bonds. The Morgan fingerprint density at radius 1 is 1.42 bits per heavy atom. The lowest BCUT2D eigenvalue weighted by molar-refractivity contribution is 0.269. The number of nitrogens with zero attached hydrogens (tertiary/aromatic N) is 2. The molecule has 1 aromatic heterocycles. The molecule has 5 nitrogen and oxygen atoms in total. The summed E-state index contributed by atoms with van der Waals surface area (Å²) in [6.45, 7) is 5.12. The van der Waals surface area contributed by atoms with Gasteiger partial charge in [-0.05, 0) is 45.0 Å². The third kappa shape index (κ3) is 3.67. The van der Waals surface area contributed by atoms with Crippen molar-refractivity contribution in [3.8, 4) is 0 Å². The van der Waals surface area contributed by atoms with Gasteiger partial charge in [0.05, 0.1) is 0 Å². The van der Waals surface area contributed by atoms with Crippen molar-refractivity contribution in [1.29, 1.82) is 0 Å². The maximum Gasteiger partial charge on any atom is 0.179 e. The lowest BCUT2D eigenvalue weighted by Gasteiger charge is -2.24. The Hall–Kier alpha value is -1.14. The summed E-state index contributed by atoms with van der Waals surface area (Å²) in [5, 5.41) is 3.16. The molecule has 0 aromatic carbocycles. The van der Waals surface area contributed by atoms with Crippen LogP contribution in [0.1, 0.15) is 19.8 Å². The number of nitrogens with one attached hydrogen (secondary N) is 1. The molecule has 1 atom stereocenters. The van der Waals surface area contributed by atoms with Gasteiger partial charge in [-0.15, -0.1) is 0 Å². The zero-order valence-electron chi connectivity index (χ0n) is 11.5. The Kier molecular flexibility index (Phi) is 4.42. The zero-order valence-corrected chi connectivity index (χ0v) is 12.3. The number of rotatable bonds is 5. The molecule has 1 fully saturated rings. The largest absolute Gasteiger partial charge is 0.367 e. The summed E-state index contributed by atoms with van der Waals surface area (Å²) in [6, 6.07) is 3.62. The normalized spacial score (nSPS) is 18.4. The summed E-state index contributed by atoms with van der Waals surface area (Å²) >= 11 is 0. The fourth-order valence-corrected chi connectivity index (χ4v) is 3.18. The first-order chi connectivity index (χ1) is 8.98. The van der Waals surface area contributed by atoms with Crippen molar-refractivity contribution in [2.45, 2.75) is 30.7 Å². The molecule has 1 N–H and O–H groups in total. The molecule has 0 saturated carbocycles. The summed E-state index contributed by atoms with van der Waals surface area (Å²) in [6.07, 6.45) is 5.32. The molecule has 1 aliphatic heterocycles. The minimum absolute atomic E-state index is 0.267. The van der Waals surface area contributed by atoms with Crippen molar-refractivity contribution in [2.24, 2.45) is 0 Å². The van der Waals surface area contributed by atoms with E-state index in [1.165, 1.54) is 19.1 Å². The highest BCUT2D eigenvalue weighted by molar-refractivity contribution is 7.90. The molecule has 1 aliphatic rings. The van der Waals surface area contributed by atoms with Gasteiger partial charge in [-0.1, -0.05) is 0 Å². The first kappa shape index (κ1) is 14.3. The van der Waals surface area contributed by atoms with Gasteiger partial charge in [0.2, 0.25) is 0 Å². The predicted octanol–water partition coefficient (Wildman–Crippen LogP) is 1.38. The van der Waals surface area contributed by atoms with E-state index in [1.54, 1.807) is 18.3 Å². The highest BCUT2D eigenvalue weighted by atomic mass is 32.2. The van der Waals surface area contributed by atoms with Gasteiger partial charge < -0.3 is 5.32 Å². The maximum absolute atomic E-state index is 11.7. The minimum Gasteiger partial charge on any atom is -0.367 e. The average molecular weight is 283 g/mol. The standard InChI is InChI=1S/C13H21N3O2S/c1-11(16-8-3-4-9-16)10-15-13-12(19(2,17)18)6-5-7-14-13/h5-7,11H,3-4,8-10H2,1-2H3,(H,14,15). The molecular formula is C13H21N3O2S. The Morgan fingerprint density at radius 3 is 2.74 bits per heavy atom. The molecule has 0 spiro atoms. The Morgan fingerprint density at radius 2 is 2.11 bits per heavy atom. The minimum atomic E-state index is -3.24. The summed E-state index contributed by atoms with van der Waals surface area (Å²) in [7, 11) is -3.24. The molecule has 0 aliphatic carbocycles. The molecule has 1 unspecified atom stereocenters. The Balaban J connectivity index is 2.03. The smallest absolute Gasteiger partial charge is 0.179 e. The van der Waals surface area contributed by atoms with Gasteiger partial charge in [-0.2, -0.15) is 0 Å². The predicted molar refractivity (Wildman–Crippen MR) is 76.1 cm³/mol. The van der Waals surface area contributed by atoms with Gasteiger partial charge in [0, 0.05) is 25.0 Å². The lowest BCUT2D eigenvalue weighted by Crippen LogP contribution is -2.35. The number of likely N-dealkylation sites (tertiary alicyclic amines) is 1. The number of sulfone groups is 1. The van der Waals surface area contributed by atoms with Crippen LogP contribution in [0, 0.1) is 0 Å². The van der Waals surface area contributed by atoms with Crippen molar-refractivity contribution in [3.63, 3.8) is 0 Å². The van der Waals surface area contributed by atoms with Gasteiger partial charge in [0.25, 0.3) is 0 Å². The van der Waals surface area contributed by atoms with Crippen LogP contribution in [0.25, 0.3) is 0 Å².